The fourth-order valence-corrected chi connectivity index (χ4v) is 5.88. The van der Waals surface area contributed by atoms with Gasteiger partial charge in [-0.2, -0.15) is 6.42 Å². The number of ether oxygens (including phenoxy) is 1. The summed E-state index contributed by atoms with van der Waals surface area (Å²) in [6.45, 7) is 13.9. The molecule has 0 saturated heterocycles. The maximum atomic E-state index is 13.9. The van der Waals surface area contributed by atoms with E-state index in [1.54, 1.807) is 37.6 Å². The molecule has 0 fully saturated rings. The molecule has 5 rings (SSSR count). The van der Waals surface area contributed by atoms with Gasteiger partial charge in [0.05, 0.1) is 35.7 Å². The molecule has 11 heteroatoms. The average molecular weight is 855 g/mol. The fourth-order valence-electron chi connectivity index (χ4n) is 5.88. The number of hydrogen-bond acceptors (Lipinski definition) is 7. The Hall–Kier alpha value is -3.13. The van der Waals surface area contributed by atoms with Crippen molar-refractivity contribution in [2.45, 2.75) is 71.7 Å². The Labute approximate surface area is 296 Å². The number of carbonyl (C=O) groups excluding carboxylic acids is 2. The largest absolute Gasteiger partial charge is 2.00 e. The average Bonchev–Trinajstić information content (AvgIpc) is 3.54. The van der Waals surface area contributed by atoms with Crippen molar-refractivity contribution >= 4 is 23.3 Å². The number of benzene rings is 1. The third kappa shape index (κ3) is 7.37. The molecule has 4 heterocycles. The second-order valence-electron chi connectivity index (χ2n) is 12.7. The van der Waals surface area contributed by atoms with Crippen LogP contribution in [-0.4, -0.2) is 63.0 Å². The first-order chi connectivity index (χ1) is 20.8. The number of amides is 2. The van der Waals surface area contributed by atoms with Crippen LogP contribution in [0.1, 0.15) is 63.4 Å². The van der Waals surface area contributed by atoms with Crippen LogP contribution in [0.25, 0.3) is 16.9 Å². The van der Waals surface area contributed by atoms with E-state index >= 15 is 0 Å². The van der Waals surface area contributed by atoms with Gasteiger partial charge >= 0.3 is 37.2 Å². The maximum absolute atomic E-state index is 13.9. The summed E-state index contributed by atoms with van der Waals surface area (Å²) in [5, 5.41) is 7.13. The zero-order valence-electron chi connectivity index (χ0n) is 28.1. The molecule has 2 N–H and O–H groups in total. The molecule has 3 atom stereocenters. The number of imidazole rings is 1. The summed E-state index contributed by atoms with van der Waals surface area (Å²) in [5.41, 5.74) is 3.97. The first kappa shape index (κ1) is 37.3. The molecule has 2 aliphatic rings. The number of dihydropyridines is 1. The summed E-state index contributed by atoms with van der Waals surface area (Å²) in [6.07, 6.45) is 8.49. The predicted molar refractivity (Wildman–Crippen MR) is 177 cm³/mol. The quantitative estimate of drug-likeness (QED) is 0.240. The van der Waals surface area contributed by atoms with Crippen LogP contribution in [0.2, 0.25) is 0 Å². The minimum atomic E-state index is -0.773. The smallest absolute Gasteiger partial charge is 0.443 e. The SMILES string of the molecule is [CH2-]CC(CC)C1=CC=C(Nc2ccc(-c3cnc4cc(F)ccn34)c3c2C(=O)N(C(=O)OC(C)(C)C)C3)NC1C(C)N(C)C.[CH3-].[U+2]. The Kier molecular flexibility index (Phi) is 12.0. The number of fused-ring (bicyclic) bond motifs is 2. The summed E-state index contributed by atoms with van der Waals surface area (Å²) < 4.78 is 21.3. The van der Waals surface area contributed by atoms with Crippen molar-refractivity contribution in [1.29, 1.82) is 0 Å². The Morgan fingerprint density at radius 1 is 1.26 bits per heavy atom. The number of hydrogen-bond donors (Lipinski definition) is 2. The van der Waals surface area contributed by atoms with Gasteiger partial charge in [-0.1, -0.05) is 25.5 Å². The molecule has 0 spiro atoms. The molecule has 0 saturated carbocycles. The number of imide groups is 1. The monoisotopic (exact) mass is 854 g/mol. The number of pyridine rings is 1. The summed E-state index contributed by atoms with van der Waals surface area (Å²) in [4.78, 5) is 34.8. The first-order valence-electron chi connectivity index (χ1n) is 15.1. The van der Waals surface area contributed by atoms with Gasteiger partial charge in [-0.3, -0.25) is 9.20 Å². The van der Waals surface area contributed by atoms with E-state index in [1.165, 1.54) is 17.7 Å². The summed E-state index contributed by atoms with van der Waals surface area (Å²) in [6, 6.07) is 6.67. The van der Waals surface area contributed by atoms with Crippen LogP contribution in [0.15, 0.2) is 60.2 Å². The zero-order valence-corrected chi connectivity index (χ0v) is 32.2. The van der Waals surface area contributed by atoms with Crippen molar-refractivity contribution in [3.8, 4) is 11.3 Å². The molecule has 2 aromatic heterocycles. The number of halogens is 1. The molecule has 3 aromatic rings. The summed E-state index contributed by atoms with van der Waals surface area (Å²) in [5.74, 6) is 0.250. The van der Waals surface area contributed by atoms with E-state index < -0.39 is 23.4 Å². The van der Waals surface area contributed by atoms with Gasteiger partial charge in [0.2, 0.25) is 0 Å². The first-order valence-corrected chi connectivity index (χ1v) is 15.1. The number of nitrogens with zero attached hydrogens (tertiary/aromatic N) is 4. The van der Waals surface area contributed by atoms with Gasteiger partial charge in [0, 0.05) is 23.9 Å². The Balaban J connectivity index is 0.00000288. The normalized spacial score (nSPS) is 17.3. The molecule has 46 heavy (non-hydrogen) atoms. The van der Waals surface area contributed by atoms with Gasteiger partial charge in [0.1, 0.15) is 22.9 Å². The van der Waals surface area contributed by atoms with Crippen molar-refractivity contribution in [3.63, 3.8) is 0 Å². The van der Waals surface area contributed by atoms with Gasteiger partial charge in [0.25, 0.3) is 5.91 Å². The molecule has 1 aromatic carbocycles. The number of aromatic nitrogens is 2. The molecule has 0 aliphatic carbocycles. The van der Waals surface area contributed by atoms with Gasteiger partial charge in [-0.15, -0.1) is 0 Å². The second-order valence-corrected chi connectivity index (χ2v) is 12.7. The molecule has 9 nitrogen and oxygen atoms in total. The van der Waals surface area contributed by atoms with Crippen LogP contribution in [-0.2, 0) is 11.3 Å². The number of rotatable bonds is 8. The molecular formula is C35H45FN6O3U. The van der Waals surface area contributed by atoms with Crippen LogP contribution < -0.4 is 10.6 Å². The van der Waals surface area contributed by atoms with Crippen molar-refractivity contribution < 1.29 is 49.8 Å². The van der Waals surface area contributed by atoms with E-state index in [1.807, 2.05) is 18.2 Å². The third-order valence-corrected chi connectivity index (χ3v) is 8.44. The maximum Gasteiger partial charge on any atom is 2.00 e. The summed E-state index contributed by atoms with van der Waals surface area (Å²) in [7, 11) is 4.12. The minimum absolute atomic E-state index is 0. The van der Waals surface area contributed by atoms with E-state index in [0.717, 1.165) is 29.1 Å². The van der Waals surface area contributed by atoms with Crippen molar-refractivity contribution in [1.82, 2.24) is 24.5 Å². The number of anilines is 1. The second kappa shape index (κ2) is 14.7. The van der Waals surface area contributed by atoms with E-state index in [9.17, 15) is 14.0 Å². The third-order valence-electron chi connectivity index (χ3n) is 8.44. The van der Waals surface area contributed by atoms with Gasteiger partial charge in [-0.25, -0.2) is 19.1 Å². The minimum Gasteiger partial charge on any atom is -0.443 e. The van der Waals surface area contributed by atoms with Gasteiger partial charge in [-0.05, 0) is 77.1 Å². The van der Waals surface area contributed by atoms with Gasteiger partial charge < -0.3 is 34.6 Å². The predicted octanol–water partition coefficient (Wildman–Crippen LogP) is 6.83. The number of likely N-dealkylation sites (N-methyl/N-ethyl adjacent to an activating group) is 1. The van der Waals surface area contributed by atoms with Crippen molar-refractivity contribution in [2.24, 2.45) is 5.92 Å². The van der Waals surface area contributed by atoms with Crippen LogP contribution in [0.3, 0.4) is 0 Å². The fraction of sp³-hybridized carbons (Fsp3) is 0.400. The van der Waals surface area contributed by atoms with E-state index in [4.69, 9.17) is 4.74 Å². The molecular weight excluding hydrogens is 809 g/mol. The Morgan fingerprint density at radius 2 is 1.98 bits per heavy atom. The topological polar surface area (TPSA) is 91.2 Å². The van der Waals surface area contributed by atoms with Crippen LogP contribution in [0.5, 0.6) is 0 Å². The molecule has 2 amide bonds. The zero-order chi connectivity index (χ0) is 31.9. The number of allylic oxidation sites excluding steroid dienone is 2. The summed E-state index contributed by atoms with van der Waals surface area (Å²) >= 11 is 0. The van der Waals surface area contributed by atoms with Crippen LogP contribution in [0, 0.1) is 57.2 Å². The van der Waals surface area contributed by atoms with Crippen molar-refractivity contribution in [3.05, 3.63) is 91.5 Å². The van der Waals surface area contributed by atoms with E-state index in [-0.39, 0.29) is 57.2 Å². The van der Waals surface area contributed by atoms with Crippen LogP contribution >= 0.6 is 0 Å². The molecule has 3 unspecified atom stereocenters. The number of nitrogens with one attached hydrogen (secondary N) is 2. The van der Waals surface area contributed by atoms with Gasteiger partial charge in [0.15, 0.2) is 0 Å². The molecule has 244 valence electrons. The van der Waals surface area contributed by atoms with E-state index in [2.05, 4.69) is 61.5 Å². The van der Waals surface area contributed by atoms with Crippen LogP contribution in [0.4, 0.5) is 14.9 Å². The Morgan fingerprint density at radius 3 is 2.61 bits per heavy atom. The molecule has 0 bridgehead atoms. The molecule has 2 aliphatic heterocycles. The molecule has 0 radical (unpaired) electrons. The Bertz CT molecular complexity index is 1650. The van der Waals surface area contributed by atoms with E-state index in [0.29, 0.717) is 34.1 Å². The number of carbonyl (C=O) groups is 2. The standard InChI is InChI=1S/C34H42FN6O3.CH3.U/c1-9-21(10-2)23-12-14-28(38-31(23)20(3)39(7)8)37-26-13-11-24(27-18-36-29-17-22(35)15-16-40(27)29)25-19-41(32(42)30(25)26)33(43)44-34(4,5)6;;/h11-18,20-21,31,37-38H,1,9-10,19H2,2-8H3;1H3;/q2*-1;+2. The van der Waals surface area contributed by atoms with Crippen molar-refractivity contribution in [2.75, 3.05) is 19.4 Å².